The van der Waals surface area contributed by atoms with E-state index in [4.69, 9.17) is 5.11 Å². The second-order valence-electron chi connectivity index (χ2n) is 2.60. The summed E-state index contributed by atoms with van der Waals surface area (Å²) in [6.07, 6.45) is 0. The lowest BCUT2D eigenvalue weighted by atomic mass is 10.2. The first-order valence-corrected chi connectivity index (χ1v) is 6.37. The highest BCUT2D eigenvalue weighted by molar-refractivity contribution is 9.13. The molecule has 0 radical (unpaired) electrons. The molecule has 1 aromatic rings. The number of halogens is 2. The van der Waals surface area contributed by atoms with E-state index >= 15 is 0 Å². The molecule has 0 bridgehead atoms. The van der Waals surface area contributed by atoms with Gasteiger partial charge in [0.25, 0.3) is 0 Å². The summed E-state index contributed by atoms with van der Waals surface area (Å²) in [7, 11) is 0. The molecule has 1 unspecified atom stereocenters. The number of carboxylic acids is 1. The minimum atomic E-state index is -0.854. The lowest BCUT2D eigenvalue weighted by Gasteiger charge is -2.10. The Bertz CT molecular complexity index is 321. The van der Waals surface area contributed by atoms with Crippen LogP contribution < -0.4 is 5.32 Å². The molecule has 14 heavy (non-hydrogen) atoms. The van der Waals surface area contributed by atoms with Gasteiger partial charge in [-0.15, -0.1) is 11.3 Å². The highest BCUT2D eigenvalue weighted by Gasteiger charge is 2.21. The Morgan fingerprint density at radius 1 is 1.71 bits per heavy atom. The number of hydrogen-bond donors (Lipinski definition) is 2. The number of carbonyl (C=O) groups is 1. The highest BCUT2D eigenvalue weighted by atomic mass is 79.9. The first-order chi connectivity index (χ1) is 6.56. The van der Waals surface area contributed by atoms with E-state index in [0.717, 1.165) is 13.1 Å². The van der Waals surface area contributed by atoms with Crippen molar-refractivity contribution in [2.45, 2.75) is 13.0 Å². The summed E-state index contributed by atoms with van der Waals surface area (Å²) < 4.78 is 1.80. The van der Waals surface area contributed by atoms with Gasteiger partial charge in [0.05, 0.1) is 3.79 Å². The maximum Gasteiger partial charge on any atom is 0.326 e. The van der Waals surface area contributed by atoms with Crippen LogP contribution in [-0.2, 0) is 4.79 Å². The molecule has 0 saturated carbocycles. The van der Waals surface area contributed by atoms with Crippen LogP contribution in [0.1, 0.15) is 17.8 Å². The van der Waals surface area contributed by atoms with Gasteiger partial charge in [-0.2, -0.15) is 0 Å². The Morgan fingerprint density at radius 3 is 2.71 bits per heavy atom. The molecule has 0 spiro atoms. The van der Waals surface area contributed by atoms with Crippen LogP contribution >= 0.6 is 43.2 Å². The van der Waals surface area contributed by atoms with E-state index in [0.29, 0.717) is 6.54 Å². The molecule has 0 aromatic carbocycles. The molecular weight excluding hydrogens is 334 g/mol. The van der Waals surface area contributed by atoms with Crippen molar-refractivity contribution in [2.75, 3.05) is 6.54 Å². The van der Waals surface area contributed by atoms with Gasteiger partial charge in [0, 0.05) is 9.35 Å². The summed E-state index contributed by atoms with van der Waals surface area (Å²) in [6, 6.07) is 1.20. The summed E-state index contributed by atoms with van der Waals surface area (Å²) in [6.45, 7) is 2.51. The monoisotopic (exact) mass is 341 g/mol. The molecule has 1 aromatic heterocycles. The lowest BCUT2D eigenvalue weighted by molar-refractivity contribution is -0.139. The molecule has 1 heterocycles. The minimum absolute atomic E-state index is 0.618. The molecule has 1 rings (SSSR count). The van der Waals surface area contributed by atoms with Crippen LogP contribution in [0.25, 0.3) is 0 Å². The number of rotatable bonds is 4. The average molecular weight is 343 g/mol. The van der Waals surface area contributed by atoms with E-state index in [9.17, 15) is 4.79 Å². The summed E-state index contributed by atoms with van der Waals surface area (Å²) in [5.74, 6) is -0.854. The van der Waals surface area contributed by atoms with Crippen LogP contribution in [0.5, 0.6) is 0 Å². The normalized spacial score (nSPS) is 12.8. The predicted molar refractivity (Wildman–Crippen MR) is 63.8 cm³/mol. The smallest absolute Gasteiger partial charge is 0.326 e. The third kappa shape index (κ3) is 2.79. The van der Waals surface area contributed by atoms with Crippen molar-refractivity contribution >= 4 is 49.2 Å². The largest absolute Gasteiger partial charge is 0.480 e. The number of nitrogens with one attached hydrogen (secondary N) is 1. The molecule has 0 amide bonds. The molecule has 1 atom stereocenters. The van der Waals surface area contributed by atoms with Crippen molar-refractivity contribution in [3.8, 4) is 0 Å². The third-order valence-corrected chi connectivity index (χ3v) is 4.93. The van der Waals surface area contributed by atoms with Crippen molar-refractivity contribution in [2.24, 2.45) is 0 Å². The highest BCUT2D eigenvalue weighted by Crippen LogP contribution is 2.35. The number of thiophene rings is 1. The summed E-state index contributed by atoms with van der Waals surface area (Å²) in [5, 5.41) is 11.9. The van der Waals surface area contributed by atoms with E-state index in [2.05, 4.69) is 37.2 Å². The van der Waals surface area contributed by atoms with Gasteiger partial charge >= 0.3 is 5.97 Å². The van der Waals surface area contributed by atoms with E-state index in [1.165, 1.54) is 11.3 Å². The lowest BCUT2D eigenvalue weighted by Crippen LogP contribution is -2.27. The number of likely N-dealkylation sites (N-methyl/N-ethyl adjacent to an activating group) is 1. The van der Waals surface area contributed by atoms with E-state index in [1.54, 1.807) is 0 Å². The first-order valence-electron chi connectivity index (χ1n) is 3.97. The predicted octanol–water partition coefficient (Wildman–Crippen LogP) is 3.01. The van der Waals surface area contributed by atoms with Gasteiger partial charge in [0.1, 0.15) is 6.04 Å². The van der Waals surface area contributed by atoms with Crippen molar-refractivity contribution < 1.29 is 9.90 Å². The number of hydrogen-bond acceptors (Lipinski definition) is 3. The van der Waals surface area contributed by atoms with Crippen molar-refractivity contribution in [1.82, 2.24) is 5.32 Å². The Hall–Kier alpha value is 0.0900. The fourth-order valence-electron chi connectivity index (χ4n) is 1.02. The number of aliphatic carboxylic acids is 1. The van der Waals surface area contributed by atoms with Gasteiger partial charge in [-0.1, -0.05) is 6.92 Å². The summed E-state index contributed by atoms with van der Waals surface area (Å²) in [4.78, 5) is 11.7. The fourth-order valence-corrected chi connectivity index (χ4v) is 3.18. The zero-order valence-corrected chi connectivity index (χ0v) is 11.4. The maximum absolute atomic E-state index is 10.9. The van der Waals surface area contributed by atoms with Crippen molar-refractivity contribution in [3.63, 3.8) is 0 Å². The molecule has 3 nitrogen and oxygen atoms in total. The molecule has 0 aliphatic rings. The van der Waals surface area contributed by atoms with Gasteiger partial charge in [-0.05, 0) is 44.5 Å². The molecule has 6 heteroatoms. The molecular formula is C8H9Br2NO2S. The van der Waals surface area contributed by atoms with Crippen LogP contribution in [0, 0.1) is 0 Å². The van der Waals surface area contributed by atoms with E-state index in [-0.39, 0.29) is 0 Å². The van der Waals surface area contributed by atoms with Crippen LogP contribution in [0.15, 0.2) is 14.3 Å². The number of carboxylic acid groups (broad SMARTS) is 1. The van der Waals surface area contributed by atoms with Gasteiger partial charge in [0.15, 0.2) is 0 Å². The fraction of sp³-hybridized carbons (Fsp3) is 0.375. The van der Waals surface area contributed by atoms with Gasteiger partial charge in [-0.25, -0.2) is 0 Å². The molecule has 0 fully saturated rings. The molecule has 2 N–H and O–H groups in total. The molecule has 0 aliphatic carbocycles. The molecule has 78 valence electrons. The minimum Gasteiger partial charge on any atom is -0.480 e. The van der Waals surface area contributed by atoms with Crippen LogP contribution in [0.4, 0.5) is 0 Å². The van der Waals surface area contributed by atoms with E-state index < -0.39 is 12.0 Å². The molecule has 0 saturated heterocycles. The quantitative estimate of drug-likeness (QED) is 0.884. The summed E-state index contributed by atoms with van der Waals surface area (Å²) in [5.41, 5.74) is 0. The Morgan fingerprint density at radius 2 is 2.36 bits per heavy atom. The van der Waals surface area contributed by atoms with E-state index in [1.807, 2.05) is 13.0 Å². The first kappa shape index (κ1) is 12.2. The van der Waals surface area contributed by atoms with Gasteiger partial charge < -0.3 is 10.4 Å². The SMILES string of the molecule is CCNC(C(=O)O)c1cc(Br)c(Br)s1. The average Bonchev–Trinajstić information content (AvgIpc) is 2.42. The zero-order chi connectivity index (χ0) is 10.7. The summed E-state index contributed by atoms with van der Waals surface area (Å²) >= 11 is 8.08. The topological polar surface area (TPSA) is 49.3 Å². The van der Waals surface area contributed by atoms with Crippen LogP contribution in [0.2, 0.25) is 0 Å². The third-order valence-electron chi connectivity index (χ3n) is 1.60. The van der Waals surface area contributed by atoms with Gasteiger partial charge in [0.2, 0.25) is 0 Å². The van der Waals surface area contributed by atoms with Crippen molar-refractivity contribution in [1.29, 1.82) is 0 Å². The second-order valence-corrected chi connectivity index (χ2v) is 5.86. The second kappa shape index (κ2) is 5.25. The Balaban J connectivity index is 2.93. The van der Waals surface area contributed by atoms with Crippen LogP contribution in [0.3, 0.4) is 0 Å². The van der Waals surface area contributed by atoms with Gasteiger partial charge in [-0.3, -0.25) is 4.79 Å². The standard InChI is InChI=1S/C8H9Br2NO2S/c1-2-11-6(8(12)13)5-3-4(9)7(10)14-5/h3,6,11H,2H2,1H3,(H,12,13). The zero-order valence-electron chi connectivity index (χ0n) is 7.38. The maximum atomic E-state index is 10.9. The van der Waals surface area contributed by atoms with Crippen molar-refractivity contribution in [3.05, 3.63) is 19.2 Å². The molecule has 0 aliphatic heterocycles. The Kier molecular flexibility index (Phi) is 4.56. The van der Waals surface area contributed by atoms with Crippen LogP contribution in [-0.4, -0.2) is 17.6 Å². The Labute approximate surface area is 103 Å².